The number of benzene rings is 2. The summed E-state index contributed by atoms with van der Waals surface area (Å²) in [6.07, 6.45) is 1.16. The van der Waals surface area contributed by atoms with Gasteiger partial charge < -0.3 is 20.5 Å². The minimum Gasteiger partial charge on any atom is -0.480 e. The van der Waals surface area contributed by atoms with Crippen LogP contribution >= 0.6 is 0 Å². The summed E-state index contributed by atoms with van der Waals surface area (Å²) < 4.78 is 38.9. The van der Waals surface area contributed by atoms with Crippen LogP contribution in [0.4, 0.5) is 10.1 Å². The molecular weight excluding hydrogens is 437 g/mol. The van der Waals surface area contributed by atoms with Gasteiger partial charge in [0.1, 0.15) is 11.9 Å². The van der Waals surface area contributed by atoms with Crippen LogP contribution in [0.5, 0.6) is 0 Å². The predicted octanol–water partition coefficient (Wildman–Crippen LogP) is 2.79. The van der Waals surface area contributed by atoms with E-state index >= 15 is 0 Å². The Bertz CT molecular complexity index is 1260. The topological polar surface area (TPSA) is 129 Å². The van der Waals surface area contributed by atoms with Crippen LogP contribution in [0, 0.1) is 10.6 Å². The molecule has 32 heavy (non-hydrogen) atoms. The van der Waals surface area contributed by atoms with Crippen LogP contribution in [0.3, 0.4) is 0 Å². The van der Waals surface area contributed by atoms with Gasteiger partial charge in [-0.15, -0.1) is 0 Å². The highest BCUT2D eigenvalue weighted by Crippen LogP contribution is 2.37. The molecule has 0 spiro atoms. The quantitative estimate of drug-likeness (QED) is 0.472. The first kappa shape index (κ1) is 22.0. The number of rotatable bonds is 7. The Kier molecular flexibility index (Phi) is 5.74. The molecule has 10 heteroatoms. The lowest BCUT2D eigenvalue weighted by molar-refractivity contribution is -0.139. The second-order valence-electron chi connectivity index (χ2n) is 7.90. The van der Waals surface area contributed by atoms with Gasteiger partial charge in [-0.05, 0) is 47.4 Å². The molecule has 0 bridgehead atoms. The van der Waals surface area contributed by atoms with Gasteiger partial charge >= 0.3 is 5.97 Å². The maximum atomic E-state index is 14.0. The van der Waals surface area contributed by atoms with Gasteiger partial charge in [0, 0.05) is 33.0 Å². The number of carboxylic acid groups (broad SMARTS) is 1. The molecule has 2 aromatic rings. The zero-order valence-electron chi connectivity index (χ0n) is 17.2. The Hall–Kier alpha value is -3.24. The number of amides is 1. The van der Waals surface area contributed by atoms with Gasteiger partial charge in [-0.1, -0.05) is 12.1 Å². The van der Waals surface area contributed by atoms with E-state index in [9.17, 15) is 23.3 Å². The third-order valence-corrected chi connectivity index (χ3v) is 6.41. The summed E-state index contributed by atoms with van der Waals surface area (Å²) in [6, 6.07) is 8.10. The molecule has 0 aliphatic carbocycles. The molecule has 2 unspecified atom stereocenters. The average molecular weight is 459 g/mol. The van der Waals surface area contributed by atoms with Crippen LogP contribution in [-0.4, -0.2) is 39.2 Å². The standard InChI is InChI=1S/C22H22FN3O5S/c1-32(24,30)7-6-18(22(28)29)25-20(12-2-3-13-10-31-11-14(13)8-12)19-16-9-15(23)4-5-17(16)26-21(19)27/h2-5,8-9,18,24-25H,6-7,10-11H2,1H3,(H,26,27)(H,28,29). The van der Waals surface area contributed by atoms with Gasteiger partial charge in [0.05, 0.1) is 24.5 Å². The number of aliphatic carboxylic acids is 1. The van der Waals surface area contributed by atoms with E-state index in [2.05, 4.69) is 10.6 Å². The number of carbonyl (C=O) groups is 2. The van der Waals surface area contributed by atoms with E-state index in [4.69, 9.17) is 9.52 Å². The summed E-state index contributed by atoms with van der Waals surface area (Å²) in [5.74, 6) is -2.37. The Morgan fingerprint density at radius 3 is 2.75 bits per heavy atom. The molecule has 168 valence electrons. The fourth-order valence-corrected chi connectivity index (χ4v) is 4.47. The molecule has 8 nitrogen and oxygen atoms in total. The second kappa shape index (κ2) is 8.36. The van der Waals surface area contributed by atoms with Crippen molar-refractivity contribution in [2.24, 2.45) is 0 Å². The molecule has 2 atom stereocenters. The SMILES string of the molecule is CS(=N)(=O)CCC(NC(=C1C(=O)Nc2ccc(F)cc21)c1ccc2c(c1)COC2)C(=O)O. The zero-order chi connectivity index (χ0) is 23.0. The lowest BCUT2D eigenvalue weighted by atomic mass is 9.97. The van der Waals surface area contributed by atoms with E-state index in [0.717, 1.165) is 11.1 Å². The maximum Gasteiger partial charge on any atom is 0.326 e. The molecule has 0 radical (unpaired) electrons. The largest absolute Gasteiger partial charge is 0.480 e. The van der Waals surface area contributed by atoms with Crippen molar-refractivity contribution in [1.82, 2.24) is 5.32 Å². The van der Waals surface area contributed by atoms with Crippen LogP contribution in [0.1, 0.15) is 28.7 Å². The van der Waals surface area contributed by atoms with E-state index in [0.29, 0.717) is 30.0 Å². The zero-order valence-corrected chi connectivity index (χ0v) is 18.1. The minimum atomic E-state index is -2.91. The lowest BCUT2D eigenvalue weighted by Gasteiger charge is -2.21. The maximum absolute atomic E-state index is 14.0. The highest BCUT2D eigenvalue weighted by Gasteiger charge is 2.31. The van der Waals surface area contributed by atoms with E-state index in [-0.39, 0.29) is 23.4 Å². The van der Waals surface area contributed by atoms with Crippen molar-refractivity contribution in [3.8, 4) is 0 Å². The monoisotopic (exact) mass is 459 g/mol. The van der Waals surface area contributed by atoms with Crippen molar-refractivity contribution < 1.29 is 28.0 Å². The molecule has 2 aromatic carbocycles. The first-order valence-corrected chi connectivity index (χ1v) is 12.0. The molecule has 4 N–H and O–H groups in total. The molecule has 0 saturated carbocycles. The van der Waals surface area contributed by atoms with Gasteiger partial charge in [-0.25, -0.2) is 9.18 Å². The first-order valence-electron chi connectivity index (χ1n) is 9.88. The van der Waals surface area contributed by atoms with E-state index in [1.54, 1.807) is 6.07 Å². The first-order chi connectivity index (χ1) is 15.1. The number of ether oxygens (including phenoxy) is 1. The lowest BCUT2D eigenvalue weighted by Crippen LogP contribution is -2.37. The molecular formula is C22H22FN3O5S. The van der Waals surface area contributed by atoms with E-state index in [1.807, 2.05) is 12.1 Å². The number of carboxylic acids is 1. The molecule has 0 fully saturated rings. The van der Waals surface area contributed by atoms with Crippen molar-refractivity contribution in [3.05, 3.63) is 64.5 Å². The summed E-state index contributed by atoms with van der Waals surface area (Å²) >= 11 is 0. The minimum absolute atomic E-state index is 0.0867. The van der Waals surface area contributed by atoms with Gasteiger partial charge in [-0.2, -0.15) is 0 Å². The molecule has 2 aliphatic heterocycles. The van der Waals surface area contributed by atoms with Crippen molar-refractivity contribution >= 4 is 38.6 Å². The Balaban J connectivity index is 1.85. The molecule has 2 heterocycles. The molecule has 4 rings (SSSR count). The number of halogens is 1. The van der Waals surface area contributed by atoms with E-state index in [1.165, 1.54) is 24.5 Å². The molecule has 2 aliphatic rings. The van der Waals surface area contributed by atoms with Crippen LogP contribution in [-0.2, 0) is 37.3 Å². The van der Waals surface area contributed by atoms with Crippen LogP contribution in [0.25, 0.3) is 11.3 Å². The number of anilines is 1. The number of carbonyl (C=O) groups excluding carboxylic acids is 1. The molecule has 0 aromatic heterocycles. The van der Waals surface area contributed by atoms with E-state index < -0.39 is 33.5 Å². The number of nitrogens with one attached hydrogen (secondary N) is 3. The van der Waals surface area contributed by atoms with Crippen molar-refractivity contribution in [2.45, 2.75) is 25.7 Å². The van der Waals surface area contributed by atoms with Crippen molar-refractivity contribution in [1.29, 1.82) is 4.78 Å². The number of fused-ring (bicyclic) bond motifs is 2. The summed E-state index contributed by atoms with van der Waals surface area (Å²) in [5, 5.41) is 15.3. The smallest absolute Gasteiger partial charge is 0.326 e. The van der Waals surface area contributed by atoms with Crippen LogP contribution in [0.15, 0.2) is 36.4 Å². The summed E-state index contributed by atoms with van der Waals surface area (Å²) in [6.45, 7) is 0.859. The normalized spacial score (nSPS) is 18.9. The highest BCUT2D eigenvalue weighted by atomic mass is 32.2. The van der Waals surface area contributed by atoms with Gasteiger partial charge in [0.2, 0.25) is 0 Å². The van der Waals surface area contributed by atoms with Gasteiger partial charge in [-0.3, -0.25) is 13.8 Å². The average Bonchev–Trinajstić information content (AvgIpc) is 3.30. The van der Waals surface area contributed by atoms with Crippen LogP contribution < -0.4 is 10.6 Å². The predicted molar refractivity (Wildman–Crippen MR) is 118 cm³/mol. The molecule has 1 amide bonds. The number of hydrogen-bond acceptors (Lipinski definition) is 6. The fraction of sp³-hybridized carbons (Fsp3) is 0.273. The Morgan fingerprint density at radius 1 is 1.28 bits per heavy atom. The summed E-state index contributed by atoms with van der Waals surface area (Å²) in [5.41, 5.74) is 3.54. The third-order valence-electron chi connectivity index (χ3n) is 5.40. The number of hydrogen-bond donors (Lipinski definition) is 4. The summed E-state index contributed by atoms with van der Waals surface area (Å²) in [7, 11) is -2.91. The van der Waals surface area contributed by atoms with Gasteiger partial charge in [0.25, 0.3) is 5.91 Å². The van der Waals surface area contributed by atoms with Gasteiger partial charge in [0.15, 0.2) is 0 Å². The Morgan fingerprint density at radius 2 is 2.03 bits per heavy atom. The summed E-state index contributed by atoms with van der Waals surface area (Å²) in [4.78, 5) is 24.8. The fourth-order valence-electron chi connectivity index (χ4n) is 3.79. The highest BCUT2D eigenvalue weighted by molar-refractivity contribution is 7.91. The van der Waals surface area contributed by atoms with Crippen LogP contribution in [0.2, 0.25) is 0 Å². The molecule has 0 saturated heterocycles. The third kappa shape index (κ3) is 4.51. The Labute approximate surface area is 184 Å². The van der Waals surface area contributed by atoms with Crippen molar-refractivity contribution in [2.75, 3.05) is 17.3 Å². The van der Waals surface area contributed by atoms with Crippen molar-refractivity contribution in [3.63, 3.8) is 0 Å². The second-order valence-corrected chi connectivity index (χ2v) is 10.3.